The van der Waals surface area contributed by atoms with Gasteiger partial charge in [-0.25, -0.2) is 0 Å². The molecule has 3 aromatic rings. The van der Waals surface area contributed by atoms with Crippen LogP contribution in [0.3, 0.4) is 0 Å². The number of hydrogen-bond donors (Lipinski definition) is 1. The maximum absolute atomic E-state index is 12.6. The fourth-order valence-corrected chi connectivity index (χ4v) is 4.39. The molecule has 1 N–H and O–H groups in total. The monoisotopic (exact) mass is 521 g/mol. The summed E-state index contributed by atoms with van der Waals surface area (Å²) in [6.07, 6.45) is 0. The fraction of sp³-hybridized carbons (Fsp3) is 0.286. The maximum Gasteiger partial charge on any atom is 0.277 e. The van der Waals surface area contributed by atoms with Crippen LogP contribution < -0.4 is 10.2 Å². The minimum atomic E-state index is -0.162. The number of thioether (sulfide) groups is 1. The SMILES string of the molecule is CN1CCN(c2ccc(Cl)cc2NC(=O)CSc2nnc(-c3cccc(Br)c3)o2)CC1. The summed E-state index contributed by atoms with van der Waals surface area (Å²) in [7, 11) is 2.11. The van der Waals surface area contributed by atoms with Crippen LogP contribution in [0.15, 0.2) is 56.6 Å². The van der Waals surface area contributed by atoms with Gasteiger partial charge in [0.15, 0.2) is 0 Å². The number of rotatable bonds is 6. The number of nitrogens with one attached hydrogen (secondary N) is 1. The topological polar surface area (TPSA) is 74.5 Å². The molecule has 1 amide bonds. The average Bonchev–Trinajstić information content (AvgIpc) is 3.23. The smallest absolute Gasteiger partial charge is 0.277 e. The van der Waals surface area contributed by atoms with E-state index in [2.05, 4.69) is 48.3 Å². The third kappa shape index (κ3) is 5.79. The molecule has 2 heterocycles. The molecule has 0 radical (unpaired) electrons. The molecule has 1 fully saturated rings. The molecule has 0 atom stereocenters. The van der Waals surface area contributed by atoms with Crippen molar-refractivity contribution in [2.24, 2.45) is 0 Å². The van der Waals surface area contributed by atoms with Crippen molar-refractivity contribution >= 4 is 56.6 Å². The van der Waals surface area contributed by atoms with E-state index in [0.717, 1.165) is 41.9 Å². The van der Waals surface area contributed by atoms with E-state index in [9.17, 15) is 4.79 Å². The Balaban J connectivity index is 1.39. The maximum atomic E-state index is 12.6. The fourth-order valence-electron chi connectivity index (χ4n) is 3.25. The summed E-state index contributed by atoms with van der Waals surface area (Å²) in [6, 6.07) is 13.2. The predicted octanol–water partition coefficient (Wildman–Crippen LogP) is 4.64. The van der Waals surface area contributed by atoms with Crippen LogP contribution in [0.1, 0.15) is 0 Å². The average molecular weight is 523 g/mol. The predicted molar refractivity (Wildman–Crippen MR) is 128 cm³/mol. The Morgan fingerprint density at radius 2 is 2.00 bits per heavy atom. The summed E-state index contributed by atoms with van der Waals surface area (Å²) in [4.78, 5) is 17.2. The van der Waals surface area contributed by atoms with Gasteiger partial charge in [0.2, 0.25) is 11.8 Å². The second-order valence-corrected chi connectivity index (χ2v) is 9.45. The van der Waals surface area contributed by atoms with Crippen molar-refractivity contribution in [3.8, 4) is 11.5 Å². The molecule has 10 heteroatoms. The van der Waals surface area contributed by atoms with Gasteiger partial charge in [-0.3, -0.25) is 4.79 Å². The number of anilines is 2. The number of hydrogen-bond acceptors (Lipinski definition) is 7. The van der Waals surface area contributed by atoms with Crippen LogP contribution >= 0.6 is 39.3 Å². The minimum absolute atomic E-state index is 0.148. The number of carbonyl (C=O) groups is 1. The Bertz CT molecular complexity index is 1070. The number of halogens is 2. The number of aromatic nitrogens is 2. The van der Waals surface area contributed by atoms with Crippen LogP contribution in [0.2, 0.25) is 5.02 Å². The normalized spacial score (nSPS) is 14.6. The summed E-state index contributed by atoms with van der Waals surface area (Å²) in [6.45, 7) is 3.75. The summed E-state index contributed by atoms with van der Waals surface area (Å²) < 4.78 is 6.60. The van der Waals surface area contributed by atoms with Crippen molar-refractivity contribution in [3.05, 3.63) is 52.0 Å². The molecule has 0 aliphatic carbocycles. The van der Waals surface area contributed by atoms with Gasteiger partial charge in [-0.15, -0.1) is 10.2 Å². The first kappa shape index (κ1) is 22.1. The molecular formula is C21H21BrClN5O2S. The molecule has 0 bridgehead atoms. The highest BCUT2D eigenvalue weighted by molar-refractivity contribution is 9.10. The third-order valence-electron chi connectivity index (χ3n) is 4.88. The number of amides is 1. The van der Waals surface area contributed by atoms with Crippen molar-refractivity contribution in [3.63, 3.8) is 0 Å². The van der Waals surface area contributed by atoms with Gasteiger partial charge in [0.25, 0.3) is 5.22 Å². The number of carbonyl (C=O) groups excluding carboxylic acids is 1. The van der Waals surface area contributed by atoms with Crippen molar-refractivity contribution < 1.29 is 9.21 Å². The first-order chi connectivity index (χ1) is 15.0. The van der Waals surface area contributed by atoms with Gasteiger partial charge in [-0.05, 0) is 43.4 Å². The van der Waals surface area contributed by atoms with Crippen molar-refractivity contribution in [1.82, 2.24) is 15.1 Å². The van der Waals surface area contributed by atoms with Crippen LogP contribution in [0, 0.1) is 0 Å². The van der Waals surface area contributed by atoms with Gasteiger partial charge in [-0.1, -0.05) is 45.4 Å². The summed E-state index contributed by atoms with van der Waals surface area (Å²) >= 11 is 10.8. The zero-order valence-electron chi connectivity index (χ0n) is 16.8. The van der Waals surface area contributed by atoms with Crippen LogP contribution in [-0.4, -0.2) is 60.0 Å². The highest BCUT2D eigenvalue weighted by Gasteiger charge is 2.19. The highest BCUT2D eigenvalue weighted by atomic mass is 79.9. The summed E-state index contributed by atoms with van der Waals surface area (Å²) in [5, 5.41) is 12.0. The van der Waals surface area contributed by atoms with E-state index < -0.39 is 0 Å². The second kappa shape index (κ2) is 10.0. The van der Waals surface area contributed by atoms with Gasteiger partial charge >= 0.3 is 0 Å². The number of benzene rings is 2. The van der Waals surface area contributed by atoms with Crippen molar-refractivity contribution in [2.45, 2.75) is 5.22 Å². The van der Waals surface area contributed by atoms with Gasteiger partial charge in [0.05, 0.1) is 17.1 Å². The van der Waals surface area contributed by atoms with Crippen LogP contribution in [0.25, 0.3) is 11.5 Å². The van der Waals surface area contributed by atoms with Gasteiger partial charge in [-0.2, -0.15) is 0 Å². The molecule has 0 unspecified atom stereocenters. The van der Waals surface area contributed by atoms with Gasteiger partial charge in [0.1, 0.15) is 0 Å². The molecule has 1 saturated heterocycles. The number of likely N-dealkylation sites (N-methyl/N-ethyl adjacent to an activating group) is 1. The van der Waals surface area contributed by atoms with E-state index >= 15 is 0 Å². The zero-order valence-corrected chi connectivity index (χ0v) is 20.0. The van der Waals surface area contributed by atoms with Crippen molar-refractivity contribution in [1.29, 1.82) is 0 Å². The van der Waals surface area contributed by atoms with Crippen molar-refractivity contribution in [2.75, 3.05) is 49.2 Å². The molecule has 2 aromatic carbocycles. The Morgan fingerprint density at radius 1 is 1.19 bits per heavy atom. The zero-order chi connectivity index (χ0) is 21.8. The Morgan fingerprint density at radius 3 is 2.77 bits per heavy atom. The molecule has 1 aliphatic heterocycles. The first-order valence-corrected chi connectivity index (χ1v) is 11.9. The lowest BCUT2D eigenvalue weighted by Crippen LogP contribution is -2.44. The Kier molecular flexibility index (Phi) is 7.16. The third-order valence-corrected chi connectivity index (χ3v) is 6.43. The molecule has 0 spiro atoms. The molecule has 4 rings (SSSR count). The molecule has 7 nitrogen and oxygen atoms in total. The Hall–Kier alpha value is -2.07. The first-order valence-electron chi connectivity index (χ1n) is 9.73. The largest absolute Gasteiger partial charge is 0.411 e. The van der Waals surface area contributed by atoms with E-state index in [1.54, 1.807) is 6.07 Å². The van der Waals surface area contributed by atoms with E-state index in [1.165, 1.54) is 11.8 Å². The Labute approximate surface area is 198 Å². The van der Waals surface area contributed by atoms with E-state index in [1.807, 2.05) is 36.4 Å². The summed E-state index contributed by atoms with van der Waals surface area (Å²) in [5.41, 5.74) is 2.50. The van der Waals surface area contributed by atoms with Crippen LogP contribution in [0.5, 0.6) is 0 Å². The molecule has 31 heavy (non-hydrogen) atoms. The number of piperazine rings is 1. The van der Waals surface area contributed by atoms with E-state index in [0.29, 0.717) is 21.8 Å². The second-order valence-electron chi connectivity index (χ2n) is 7.17. The molecular weight excluding hydrogens is 502 g/mol. The quantitative estimate of drug-likeness (QED) is 0.473. The van der Waals surface area contributed by atoms with Gasteiger partial charge < -0.3 is 19.5 Å². The van der Waals surface area contributed by atoms with E-state index in [4.69, 9.17) is 16.0 Å². The summed E-state index contributed by atoms with van der Waals surface area (Å²) in [5.74, 6) is 0.399. The molecule has 1 aromatic heterocycles. The lowest BCUT2D eigenvalue weighted by Gasteiger charge is -2.35. The van der Waals surface area contributed by atoms with Crippen LogP contribution in [-0.2, 0) is 4.79 Å². The molecule has 162 valence electrons. The molecule has 0 saturated carbocycles. The van der Waals surface area contributed by atoms with Crippen LogP contribution in [0.4, 0.5) is 11.4 Å². The molecule has 1 aliphatic rings. The lowest BCUT2D eigenvalue weighted by atomic mass is 10.2. The lowest BCUT2D eigenvalue weighted by molar-refractivity contribution is -0.113. The minimum Gasteiger partial charge on any atom is -0.411 e. The van der Waals surface area contributed by atoms with Gasteiger partial charge in [0, 0.05) is 41.2 Å². The number of nitrogens with zero attached hydrogens (tertiary/aromatic N) is 4. The van der Waals surface area contributed by atoms with E-state index in [-0.39, 0.29) is 11.7 Å². The standard InChI is InChI=1S/C21H21BrClN5O2S/c1-27-7-9-28(10-8-27)18-6-5-16(23)12-17(18)24-19(29)13-31-21-26-25-20(30-21)14-3-2-4-15(22)11-14/h2-6,11-12H,7-10,13H2,1H3,(H,24,29). The highest BCUT2D eigenvalue weighted by Crippen LogP contribution is 2.31.